The maximum atomic E-state index is 14.0. The number of benzene rings is 1. The van der Waals surface area contributed by atoms with Crippen LogP contribution in [0.15, 0.2) is 29.2 Å². The largest absolute Gasteiger partial charge is 0.510 e. The molecule has 3 rings (SSSR count). The summed E-state index contributed by atoms with van der Waals surface area (Å²) in [6.45, 7) is 5.32. The number of methoxy groups -OCH3 is 1. The molecule has 1 aliphatic rings. The van der Waals surface area contributed by atoms with Crippen LogP contribution < -0.4 is 10.7 Å². The molecule has 17 nitrogen and oxygen atoms in total. The van der Waals surface area contributed by atoms with Crippen LogP contribution in [-0.4, -0.2) is 92.1 Å². The van der Waals surface area contributed by atoms with E-state index in [9.17, 15) is 42.4 Å². The van der Waals surface area contributed by atoms with Gasteiger partial charge in [0.25, 0.3) is 5.91 Å². The third-order valence-corrected chi connectivity index (χ3v) is 9.57. The van der Waals surface area contributed by atoms with E-state index in [0.717, 1.165) is 18.3 Å². The number of Topliss-reactive ketones (excluding diaryl/α,β-unsaturated/α-hetero) is 1. The van der Waals surface area contributed by atoms with Crippen LogP contribution in [0, 0.1) is 17.0 Å². The predicted octanol–water partition coefficient (Wildman–Crippen LogP) is 4.65. The zero-order valence-corrected chi connectivity index (χ0v) is 30.9. The summed E-state index contributed by atoms with van der Waals surface area (Å²) in [7, 11) is -2.79. The van der Waals surface area contributed by atoms with Gasteiger partial charge in [-0.2, -0.15) is 0 Å². The summed E-state index contributed by atoms with van der Waals surface area (Å²) >= 11 is 0. The van der Waals surface area contributed by atoms with Crippen molar-refractivity contribution in [1.29, 1.82) is 0 Å². The SMILES string of the molecule is COC1Cn2cc(C(=O)NCc3ccc(F)cc3F)c(=O)c(O)c2C(=O)C1(C)CCOCCP(=O)(OCOC(=O)OC(C)C)OCOC(=O)OC(C)C. The monoisotopic (exact) mass is 776 g/mol. The average Bonchev–Trinajstić information content (AvgIpc) is 3.06. The van der Waals surface area contributed by atoms with Crippen molar-refractivity contribution in [1.82, 2.24) is 9.88 Å². The third-order valence-electron chi connectivity index (χ3n) is 7.84. The molecule has 2 aromatic rings. The van der Waals surface area contributed by atoms with Crippen molar-refractivity contribution in [3.05, 3.63) is 63.1 Å². The van der Waals surface area contributed by atoms with Crippen LogP contribution in [0.1, 0.15) is 67.4 Å². The minimum Gasteiger partial charge on any atom is -0.503 e. The van der Waals surface area contributed by atoms with Gasteiger partial charge in [0, 0.05) is 38.1 Å². The first-order valence-electron chi connectivity index (χ1n) is 16.3. The fourth-order valence-electron chi connectivity index (χ4n) is 5.03. The Balaban J connectivity index is 1.66. The molecule has 1 aromatic carbocycles. The summed E-state index contributed by atoms with van der Waals surface area (Å²) in [5, 5.41) is 13.2. The second-order valence-electron chi connectivity index (χ2n) is 12.4. The topological polar surface area (TPSA) is 213 Å². The highest BCUT2D eigenvalue weighted by Gasteiger charge is 2.48. The summed E-state index contributed by atoms with van der Waals surface area (Å²) in [6.07, 6.45) is -3.38. The number of pyridine rings is 1. The molecule has 53 heavy (non-hydrogen) atoms. The van der Waals surface area contributed by atoms with Crippen molar-refractivity contribution < 1.29 is 75.1 Å². The van der Waals surface area contributed by atoms with Gasteiger partial charge < -0.3 is 43.4 Å². The molecule has 0 fully saturated rings. The Morgan fingerprint density at radius 1 is 1.02 bits per heavy atom. The van der Waals surface area contributed by atoms with E-state index in [0.29, 0.717) is 6.07 Å². The number of carbonyl (C=O) groups excluding carboxylic acids is 4. The van der Waals surface area contributed by atoms with Crippen LogP contribution in [0.5, 0.6) is 5.75 Å². The molecular formula is C33H43F2N2O15P. The first-order chi connectivity index (χ1) is 24.9. The zero-order valence-electron chi connectivity index (χ0n) is 30.0. The van der Waals surface area contributed by atoms with Crippen LogP contribution in [0.2, 0.25) is 0 Å². The molecule has 294 valence electrons. The maximum absolute atomic E-state index is 14.0. The van der Waals surface area contributed by atoms with Crippen molar-refractivity contribution in [2.24, 2.45) is 5.41 Å². The van der Waals surface area contributed by atoms with Gasteiger partial charge in [-0.1, -0.05) is 6.07 Å². The van der Waals surface area contributed by atoms with Crippen molar-refractivity contribution in [3.8, 4) is 5.75 Å². The predicted molar refractivity (Wildman–Crippen MR) is 178 cm³/mol. The molecule has 2 atom stereocenters. The molecule has 1 aliphatic heterocycles. The normalized spacial score (nSPS) is 17.0. The Morgan fingerprint density at radius 3 is 2.17 bits per heavy atom. The number of aromatic nitrogens is 1. The molecule has 2 unspecified atom stereocenters. The van der Waals surface area contributed by atoms with Crippen LogP contribution in [0.3, 0.4) is 0 Å². The first kappa shape index (κ1) is 43.0. The van der Waals surface area contributed by atoms with Crippen molar-refractivity contribution in [2.45, 2.75) is 72.4 Å². The summed E-state index contributed by atoms with van der Waals surface area (Å²) in [5.74, 6) is -4.36. The highest BCUT2D eigenvalue weighted by Crippen LogP contribution is 2.48. The molecule has 20 heteroatoms. The van der Waals surface area contributed by atoms with Gasteiger partial charge in [0.15, 0.2) is 11.5 Å². The summed E-state index contributed by atoms with van der Waals surface area (Å²) in [4.78, 5) is 63.1. The lowest BCUT2D eigenvalue weighted by atomic mass is 9.73. The van der Waals surface area contributed by atoms with Crippen LogP contribution >= 0.6 is 7.60 Å². The second-order valence-corrected chi connectivity index (χ2v) is 14.6. The molecule has 1 amide bonds. The lowest BCUT2D eigenvalue weighted by Crippen LogP contribution is -2.50. The number of aromatic hydroxyl groups is 1. The number of nitrogens with zero attached hydrogens (tertiary/aromatic N) is 1. The van der Waals surface area contributed by atoms with Gasteiger partial charge >= 0.3 is 19.9 Å². The third kappa shape index (κ3) is 11.8. The zero-order chi connectivity index (χ0) is 39.5. The average molecular weight is 777 g/mol. The lowest BCUT2D eigenvalue weighted by Gasteiger charge is -2.40. The van der Waals surface area contributed by atoms with Gasteiger partial charge in [-0.3, -0.25) is 28.0 Å². The fraction of sp³-hybridized carbons (Fsp3) is 0.545. The summed E-state index contributed by atoms with van der Waals surface area (Å²) in [6, 6.07) is 2.77. The molecular weight excluding hydrogens is 733 g/mol. The molecule has 0 bridgehead atoms. The molecule has 1 aromatic heterocycles. The second kappa shape index (κ2) is 19.1. The molecule has 2 N–H and O–H groups in total. The summed E-state index contributed by atoms with van der Waals surface area (Å²) < 4.78 is 82.5. The number of nitrogens with one attached hydrogen (secondary N) is 1. The molecule has 0 radical (unpaired) electrons. The van der Waals surface area contributed by atoms with E-state index in [2.05, 4.69) is 5.32 Å². The number of rotatable bonds is 18. The molecule has 0 spiro atoms. The molecule has 2 heterocycles. The van der Waals surface area contributed by atoms with E-state index in [1.54, 1.807) is 27.7 Å². The Morgan fingerprint density at radius 2 is 1.62 bits per heavy atom. The number of amides is 1. The van der Waals surface area contributed by atoms with Gasteiger partial charge in [-0.25, -0.2) is 18.4 Å². The number of hydrogen-bond donors (Lipinski definition) is 2. The van der Waals surface area contributed by atoms with Gasteiger partial charge in [0.05, 0.1) is 43.0 Å². The van der Waals surface area contributed by atoms with Crippen molar-refractivity contribution in [2.75, 3.05) is 40.1 Å². The van der Waals surface area contributed by atoms with Crippen LogP contribution in [0.25, 0.3) is 0 Å². The van der Waals surface area contributed by atoms with Crippen LogP contribution in [0.4, 0.5) is 18.4 Å². The standard InChI is InChI=1S/C33H43F2N2O15P/c1-19(2)51-31(42)47-17-49-53(44,50-18-48-32(43)52-20(3)4)12-11-46-10-9-33(5)25(45-6)16-37-15-23(27(38)28(39)26(37)29(33)40)30(41)36-14-21-7-8-22(34)13-24(21)35/h7-8,13,15,19-20,25,39H,9-12,14,16-18H2,1-6H3,(H,36,41). The number of halogens is 2. The van der Waals surface area contributed by atoms with E-state index in [1.165, 1.54) is 18.6 Å². The summed E-state index contributed by atoms with van der Waals surface area (Å²) in [5.41, 5.74) is -3.45. The minimum atomic E-state index is -4.14. The first-order valence-corrected chi connectivity index (χ1v) is 18.0. The minimum absolute atomic E-state index is 0.0240. The van der Waals surface area contributed by atoms with Gasteiger partial charge in [-0.05, 0) is 47.1 Å². The quantitative estimate of drug-likeness (QED) is 0.0913. The van der Waals surface area contributed by atoms with Crippen molar-refractivity contribution >= 4 is 31.6 Å². The fourth-order valence-corrected chi connectivity index (χ4v) is 6.14. The lowest BCUT2D eigenvalue weighted by molar-refractivity contribution is -0.0337. The Bertz CT molecular complexity index is 1720. The van der Waals surface area contributed by atoms with Crippen molar-refractivity contribution in [3.63, 3.8) is 0 Å². The molecule has 0 aliphatic carbocycles. The van der Waals surface area contributed by atoms with E-state index >= 15 is 0 Å². The van der Waals surface area contributed by atoms with Gasteiger partial charge in [-0.15, -0.1) is 0 Å². The van der Waals surface area contributed by atoms with E-state index in [1.807, 2.05) is 0 Å². The molecule has 0 saturated heterocycles. The highest BCUT2D eigenvalue weighted by atomic mass is 31.2. The smallest absolute Gasteiger partial charge is 0.503 e. The number of carbonyl (C=O) groups is 4. The molecule has 0 saturated carbocycles. The van der Waals surface area contributed by atoms with Gasteiger partial charge in [0.2, 0.25) is 19.0 Å². The number of fused-ring (bicyclic) bond motifs is 1. The highest BCUT2D eigenvalue weighted by molar-refractivity contribution is 7.53. The maximum Gasteiger partial charge on any atom is 0.510 e. The number of hydrogen-bond acceptors (Lipinski definition) is 15. The van der Waals surface area contributed by atoms with E-state index in [-0.39, 0.29) is 44.0 Å². The number of ketones is 1. The Kier molecular flexibility index (Phi) is 15.5. The van der Waals surface area contributed by atoms with Gasteiger partial charge in [0.1, 0.15) is 22.9 Å². The number of ether oxygens (including phenoxy) is 6. The van der Waals surface area contributed by atoms with E-state index < -0.39 is 103 Å². The van der Waals surface area contributed by atoms with Crippen LogP contribution in [-0.2, 0) is 55.1 Å². The Hall–Kier alpha value is -4.42. The van der Waals surface area contributed by atoms with E-state index in [4.69, 9.17) is 37.5 Å². The Labute approximate surface area is 303 Å².